The smallest absolute Gasteiger partial charge is 0.306 e. The minimum Gasteiger partial charge on any atom is -0.481 e. The van der Waals surface area contributed by atoms with Crippen molar-refractivity contribution in [3.63, 3.8) is 0 Å². The molecule has 0 bridgehead atoms. The first-order chi connectivity index (χ1) is 17.7. The van der Waals surface area contributed by atoms with Crippen molar-refractivity contribution in [3.8, 4) is 0 Å². The second kappa shape index (κ2) is 10.8. The third kappa shape index (κ3) is 6.01. The van der Waals surface area contributed by atoms with Gasteiger partial charge in [0.1, 0.15) is 18.0 Å². The number of hydrogen-bond acceptors (Lipinski definition) is 5. The van der Waals surface area contributed by atoms with Crippen molar-refractivity contribution in [2.75, 3.05) is 5.75 Å². The number of carbonyl (C=O) groups is 2. The second-order valence-electron chi connectivity index (χ2n) is 10.9. The van der Waals surface area contributed by atoms with E-state index >= 15 is 0 Å². The van der Waals surface area contributed by atoms with Gasteiger partial charge in [0.05, 0.1) is 28.0 Å². The van der Waals surface area contributed by atoms with Crippen LogP contribution in [0.25, 0.3) is 0 Å². The molecule has 0 spiro atoms. The number of morpholine rings is 1. The molecular weight excluding hydrogens is 556 g/mol. The Morgan fingerprint density at radius 2 is 1.84 bits per heavy atom. The van der Waals surface area contributed by atoms with E-state index in [9.17, 15) is 27.5 Å². The van der Waals surface area contributed by atoms with Crippen LogP contribution in [0.4, 0.5) is 4.39 Å². The second-order valence-corrected chi connectivity index (χ2v) is 14.5. The molecular formula is C27H30Cl2FNO6S. The molecule has 1 amide bonds. The highest BCUT2D eigenvalue weighted by molar-refractivity contribution is 7.92. The van der Waals surface area contributed by atoms with Crippen LogP contribution in [0.2, 0.25) is 10.0 Å². The van der Waals surface area contributed by atoms with Gasteiger partial charge in [0.25, 0.3) is 5.91 Å². The number of carbonyl (C=O) groups excluding carboxylic acids is 1. The average molecular weight is 587 g/mol. The average Bonchev–Trinajstić information content (AvgIpc) is 3.65. The van der Waals surface area contributed by atoms with Gasteiger partial charge in [0, 0.05) is 11.1 Å². The molecule has 1 saturated heterocycles. The van der Waals surface area contributed by atoms with Crippen LogP contribution < -0.4 is 0 Å². The maximum atomic E-state index is 14.7. The number of carboxylic acids is 1. The number of amides is 1. The maximum absolute atomic E-state index is 14.7. The minimum absolute atomic E-state index is 0.111. The fourth-order valence-corrected chi connectivity index (χ4v) is 6.50. The normalized spacial score (nSPS) is 23.4. The van der Waals surface area contributed by atoms with Gasteiger partial charge < -0.3 is 14.7 Å². The van der Waals surface area contributed by atoms with Gasteiger partial charge in [-0.3, -0.25) is 9.59 Å². The van der Waals surface area contributed by atoms with Gasteiger partial charge in [-0.1, -0.05) is 41.4 Å². The van der Waals surface area contributed by atoms with Crippen molar-refractivity contribution in [2.24, 2.45) is 5.92 Å². The number of nitrogens with zero attached hydrogens (tertiary/aromatic N) is 1. The molecule has 0 unspecified atom stereocenters. The Hall–Kier alpha value is -2.20. The summed E-state index contributed by atoms with van der Waals surface area (Å²) in [6, 6.07) is 9.11. The van der Waals surface area contributed by atoms with E-state index in [0.29, 0.717) is 29.0 Å². The van der Waals surface area contributed by atoms with Gasteiger partial charge in [-0.05, 0) is 74.9 Å². The van der Waals surface area contributed by atoms with Gasteiger partial charge in [-0.15, -0.1) is 0 Å². The monoisotopic (exact) mass is 585 g/mol. The number of sulfone groups is 1. The number of benzene rings is 2. The van der Waals surface area contributed by atoms with Crippen LogP contribution in [0.15, 0.2) is 42.5 Å². The predicted octanol–water partition coefficient (Wildman–Crippen LogP) is 5.61. The topological polar surface area (TPSA) is 101 Å². The number of rotatable bonds is 8. The summed E-state index contributed by atoms with van der Waals surface area (Å²) in [5.41, 5.74) is 0.886. The van der Waals surface area contributed by atoms with Crippen LogP contribution in [0.5, 0.6) is 0 Å². The fourth-order valence-electron chi connectivity index (χ4n) is 4.80. The van der Waals surface area contributed by atoms with E-state index in [4.69, 9.17) is 27.9 Å². The number of carboxylic acid groups (broad SMARTS) is 1. The molecule has 206 valence electrons. The van der Waals surface area contributed by atoms with E-state index in [-0.39, 0.29) is 16.7 Å². The zero-order chi connectivity index (χ0) is 28.0. The lowest BCUT2D eigenvalue weighted by molar-refractivity contribution is -0.183. The summed E-state index contributed by atoms with van der Waals surface area (Å²) in [5.74, 6) is -3.03. The zero-order valence-electron chi connectivity index (χ0n) is 21.2. The lowest BCUT2D eigenvalue weighted by Gasteiger charge is -2.48. The molecule has 0 aromatic heterocycles. The van der Waals surface area contributed by atoms with Crippen LogP contribution in [-0.4, -0.2) is 52.9 Å². The molecule has 7 nitrogen and oxygen atoms in total. The van der Waals surface area contributed by atoms with Crippen LogP contribution >= 0.6 is 23.2 Å². The lowest BCUT2D eigenvalue weighted by atomic mass is 9.89. The number of hydrogen-bond donors (Lipinski definition) is 1. The van der Waals surface area contributed by atoms with E-state index in [2.05, 4.69) is 0 Å². The van der Waals surface area contributed by atoms with Crippen molar-refractivity contribution in [3.05, 3.63) is 69.5 Å². The Labute approximate surface area is 231 Å². The summed E-state index contributed by atoms with van der Waals surface area (Å²) >= 11 is 12.2. The molecule has 2 aliphatic rings. The van der Waals surface area contributed by atoms with Crippen LogP contribution in [0.3, 0.4) is 0 Å². The first-order valence-electron chi connectivity index (χ1n) is 12.3. The number of aliphatic carboxylic acids is 1. The minimum atomic E-state index is -3.69. The maximum Gasteiger partial charge on any atom is 0.306 e. The molecule has 11 heteroatoms. The van der Waals surface area contributed by atoms with Crippen LogP contribution in [0, 0.1) is 11.7 Å². The zero-order valence-corrected chi connectivity index (χ0v) is 23.6. The van der Waals surface area contributed by atoms with Crippen LogP contribution in [0.1, 0.15) is 63.3 Å². The Balaban J connectivity index is 1.92. The highest BCUT2D eigenvalue weighted by Gasteiger charge is 2.52. The molecule has 38 heavy (non-hydrogen) atoms. The third-order valence-electron chi connectivity index (χ3n) is 7.10. The molecule has 1 aliphatic heterocycles. The summed E-state index contributed by atoms with van der Waals surface area (Å²) < 4.78 is 46.5. The molecule has 0 radical (unpaired) electrons. The molecule has 2 aromatic carbocycles. The summed E-state index contributed by atoms with van der Waals surface area (Å²) in [5, 5.41) is 9.82. The van der Waals surface area contributed by atoms with Crippen molar-refractivity contribution in [1.82, 2.24) is 4.90 Å². The van der Waals surface area contributed by atoms with E-state index in [1.807, 2.05) is 0 Å². The Kier molecular flexibility index (Phi) is 8.15. The first kappa shape index (κ1) is 28.8. The van der Waals surface area contributed by atoms with Gasteiger partial charge in [0.2, 0.25) is 0 Å². The molecule has 1 heterocycles. The molecule has 1 aliphatic carbocycles. The number of ether oxygens (including phenoxy) is 1. The van der Waals surface area contributed by atoms with Crippen molar-refractivity contribution < 1.29 is 32.2 Å². The summed E-state index contributed by atoms with van der Waals surface area (Å²) in [7, 11) is -3.69. The Bertz CT molecular complexity index is 1340. The van der Waals surface area contributed by atoms with Crippen molar-refractivity contribution in [1.29, 1.82) is 0 Å². The first-order valence-corrected chi connectivity index (χ1v) is 14.7. The van der Waals surface area contributed by atoms with E-state index in [1.165, 1.54) is 17.0 Å². The predicted molar refractivity (Wildman–Crippen MR) is 142 cm³/mol. The molecule has 1 saturated carbocycles. The quantitative estimate of drug-likeness (QED) is 0.432. The highest BCUT2D eigenvalue weighted by atomic mass is 35.5. The molecule has 2 fully saturated rings. The molecule has 2 aromatic rings. The fraction of sp³-hybridized carbons (Fsp3) is 0.481. The van der Waals surface area contributed by atoms with E-state index in [0.717, 1.165) is 0 Å². The summed E-state index contributed by atoms with van der Waals surface area (Å²) in [6.07, 6.45) is -1.51. The lowest BCUT2D eigenvalue weighted by Crippen LogP contribution is -2.58. The standard InChI is InChI=1S/C27H30Cl2FNO6S/c1-27(2,3)38(35,36)14-21(15-7-8-15)31-24(16-9-10-19(29)20(30)12-16)25(17-5-4-6-18(28)11-17)37-22(26(31)34)13-23(32)33/h4-6,9-12,15,21-22,24-25H,7-8,13-14H2,1-3H3,(H,32,33)/t21-,22+,24-,25-/m1/s1. The van der Waals surface area contributed by atoms with Gasteiger partial charge in [-0.25, -0.2) is 12.8 Å². The van der Waals surface area contributed by atoms with Gasteiger partial charge >= 0.3 is 5.97 Å². The molecule has 1 N–H and O–H groups in total. The summed E-state index contributed by atoms with van der Waals surface area (Å²) in [4.78, 5) is 27.1. The summed E-state index contributed by atoms with van der Waals surface area (Å²) in [6.45, 7) is 4.80. The molecule has 4 atom stereocenters. The van der Waals surface area contributed by atoms with Gasteiger partial charge in [0.15, 0.2) is 9.84 Å². The van der Waals surface area contributed by atoms with E-state index in [1.54, 1.807) is 51.1 Å². The Morgan fingerprint density at radius 1 is 1.16 bits per heavy atom. The van der Waals surface area contributed by atoms with Crippen molar-refractivity contribution in [2.45, 2.75) is 69.1 Å². The van der Waals surface area contributed by atoms with Crippen LogP contribution in [-0.2, 0) is 24.2 Å². The van der Waals surface area contributed by atoms with Crippen molar-refractivity contribution >= 4 is 44.9 Å². The molecule has 4 rings (SSSR count). The Morgan fingerprint density at radius 3 is 2.39 bits per heavy atom. The SMILES string of the molecule is CC(C)(C)S(=O)(=O)C[C@H](C1CC1)N1C(=O)[C@H](CC(=O)O)O[C@H](c2cccc(Cl)c2)[C@H]1c1ccc(Cl)c(F)c1. The van der Waals surface area contributed by atoms with Gasteiger partial charge in [-0.2, -0.15) is 0 Å². The number of halogens is 3. The third-order valence-corrected chi connectivity index (χ3v) is 10.3. The van der Waals surface area contributed by atoms with E-state index < -0.39 is 63.0 Å². The largest absolute Gasteiger partial charge is 0.481 e. The highest BCUT2D eigenvalue weighted by Crippen LogP contribution is 2.48.